The number of aryl methyl sites for hydroxylation is 1. The van der Waals surface area contributed by atoms with E-state index < -0.39 is 6.04 Å². The molecule has 1 unspecified atom stereocenters. The summed E-state index contributed by atoms with van der Waals surface area (Å²) in [5.74, 6) is 1.27. The number of ether oxygens (including phenoxy) is 1. The molecule has 1 amide bonds. The first-order valence-corrected chi connectivity index (χ1v) is 11.1. The van der Waals surface area contributed by atoms with E-state index in [4.69, 9.17) is 9.15 Å². The Balaban J connectivity index is 1.57. The van der Waals surface area contributed by atoms with Crippen molar-refractivity contribution in [2.75, 3.05) is 6.61 Å². The highest BCUT2D eigenvalue weighted by Gasteiger charge is 2.24. The van der Waals surface area contributed by atoms with E-state index >= 15 is 0 Å². The number of carbonyl (C=O) groups excluding carboxylic acids is 1. The normalized spacial score (nSPS) is 12.3. The third-order valence-corrected chi connectivity index (χ3v) is 5.50. The zero-order valence-electron chi connectivity index (χ0n) is 18.6. The zero-order valence-corrected chi connectivity index (χ0v) is 18.6. The molecule has 3 heterocycles. The van der Waals surface area contributed by atoms with Crippen molar-refractivity contribution in [3.8, 4) is 5.75 Å². The molecule has 4 rings (SSSR count). The van der Waals surface area contributed by atoms with E-state index in [1.54, 1.807) is 12.3 Å². The van der Waals surface area contributed by atoms with Crippen LogP contribution in [0.1, 0.15) is 51.0 Å². The highest BCUT2D eigenvalue weighted by molar-refractivity contribution is 5.83. The number of hydrogen-bond donors (Lipinski definition) is 1. The summed E-state index contributed by atoms with van der Waals surface area (Å²) in [6.45, 7) is 6.94. The van der Waals surface area contributed by atoms with Gasteiger partial charge >= 0.3 is 0 Å². The highest BCUT2D eigenvalue weighted by Crippen LogP contribution is 2.21. The predicted molar refractivity (Wildman–Crippen MR) is 122 cm³/mol. The lowest BCUT2D eigenvalue weighted by Crippen LogP contribution is -2.39. The van der Waals surface area contributed by atoms with Crippen LogP contribution in [0.15, 0.2) is 51.9 Å². The van der Waals surface area contributed by atoms with Gasteiger partial charge in [0.15, 0.2) is 5.58 Å². The van der Waals surface area contributed by atoms with Crippen LogP contribution in [0.4, 0.5) is 0 Å². The number of fused-ring (bicyclic) bond motifs is 3. The van der Waals surface area contributed by atoms with Gasteiger partial charge in [-0.2, -0.15) is 5.10 Å². The first kappa shape index (κ1) is 21.7. The maximum atomic E-state index is 13.2. The largest absolute Gasteiger partial charge is 0.494 e. The van der Waals surface area contributed by atoms with E-state index in [1.165, 1.54) is 4.68 Å². The minimum atomic E-state index is -0.703. The fourth-order valence-corrected chi connectivity index (χ4v) is 3.83. The summed E-state index contributed by atoms with van der Waals surface area (Å²) >= 11 is 0. The lowest BCUT2D eigenvalue weighted by Gasteiger charge is -2.18. The van der Waals surface area contributed by atoms with Crippen molar-refractivity contribution >= 4 is 22.5 Å². The molecule has 1 N–H and O–H groups in total. The van der Waals surface area contributed by atoms with Crippen LogP contribution in [0.3, 0.4) is 0 Å². The van der Waals surface area contributed by atoms with Crippen LogP contribution in [0, 0.1) is 0 Å². The van der Waals surface area contributed by atoms with Crippen molar-refractivity contribution < 1.29 is 13.9 Å². The average molecular weight is 437 g/mol. The van der Waals surface area contributed by atoms with Gasteiger partial charge in [-0.25, -0.2) is 4.68 Å². The number of hydrogen-bond acceptors (Lipinski definition) is 5. The second-order valence-electron chi connectivity index (χ2n) is 7.69. The second kappa shape index (κ2) is 9.30. The zero-order chi connectivity index (χ0) is 22.7. The molecule has 1 atom stereocenters. The van der Waals surface area contributed by atoms with Gasteiger partial charge in [-0.15, -0.1) is 0 Å². The Bertz CT molecular complexity index is 1280. The lowest BCUT2D eigenvalue weighted by molar-refractivity contribution is -0.125. The number of nitrogens with one attached hydrogen (secondary N) is 1. The van der Waals surface area contributed by atoms with Crippen molar-refractivity contribution in [2.24, 2.45) is 0 Å². The molecule has 0 saturated carbocycles. The molecule has 0 bridgehead atoms. The standard InChI is InChI=1S/C24H28N4O4/c1-4-12-31-17-9-7-16(8-10-17)15-25-23(29)18(5-2)28-24(30)20-14-21-19(11-13-32-21)27(20)22(6-3)26-28/h7-11,13-14,18H,4-6,12,15H2,1-3H3,(H,25,29). The molecular formula is C24H28N4O4. The molecule has 0 aliphatic carbocycles. The Morgan fingerprint density at radius 2 is 1.94 bits per heavy atom. The topological polar surface area (TPSA) is 90.8 Å². The molecule has 0 aliphatic heterocycles. The molecular weight excluding hydrogens is 408 g/mol. The molecule has 8 nitrogen and oxygen atoms in total. The number of amides is 1. The SMILES string of the molecule is CCCOc1ccc(CNC(=O)C(CC)n2nc(CC)n3c(cc4occc43)c2=O)cc1. The molecule has 0 spiro atoms. The first-order valence-electron chi connectivity index (χ1n) is 11.1. The van der Waals surface area contributed by atoms with Gasteiger partial charge in [-0.05, 0) is 30.5 Å². The third kappa shape index (κ3) is 4.00. The van der Waals surface area contributed by atoms with Crippen LogP contribution in [0.25, 0.3) is 16.6 Å². The fourth-order valence-electron chi connectivity index (χ4n) is 3.83. The number of benzene rings is 1. The van der Waals surface area contributed by atoms with Crippen molar-refractivity contribution in [1.29, 1.82) is 0 Å². The first-order chi connectivity index (χ1) is 15.6. The Kier molecular flexibility index (Phi) is 6.30. The van der Waals surface area contributed by atoms with Crippen LogP contribution in [-0.4, -0.2) is 26.7 Å². The average Bonchev–Trinajstić information content (AvgIpc) is 3.41. The summed E-state index contributed by atoms with van der Waals surface area (Å²) in [7, 11) is 0. The predicted octanol–water partition coefficient (Wildman–Crippen LogP) is 3.86. The van der Waals surface area contributed by atoms with Crippen LogP contribution in [-0.2, 0) is 17.8 Å². The summed E-state index contributed by atoms with van der Waals surface area (Å²) in [4.78, 5) is 26.2. The summed E-state index contributed by atoms with van der Waals surface area (Å²) in [6.07, 6.45) is 3.59. The van der Waals surface area contributed by atoms with Crippen LogP contribution in [0.2, 0.25) is 0 Å². The summed E-state index contributed by atoms with van der Waals surface area (Å²) in [5.41, 5.74) is 2.53. The molecule has 0 fully saturated rings. The number of rotatable bonds is 9. The van der Waals surface area contributed by atoms with Crippen LogP contribution < -0.4 is 15.6 Å². The summed E-state index contributed by atoms with van der Waals surface area (Å²) in [5, 5.41) is 7.50. The molecule has 4 aromatic rings. The van der Waals surface area contributed by atoms with Gasteiger partial charge in [0.25, 0.3) is 5.56 Å². The minimum Gasteiger partial charge on any atom is -0.494 e. The Morgan fingerprint density at radius 1 is 1.16 bits per heavy atom. The van der Waals surface area contributed by atoms with E-state index in [-0.39, 0.29) is 11.5 Å². The lowest BCUT2D eigenvalue weighted by atomic mass is 10.2. The smallest absolute Gasteiger partial charge is 0.291 e. The Labute approximate surface area is 185 Å². The van der Waals surface area contributed by atoms with Crippen molar-refractivity contribution in [1.82, 2.24) is 19.5 Å². The van der Waals surface area contributed by atoms with E-state index in [0.717, 1.165) is 23.3 Å². The van der Waals surface area contributed by atoms with Crippen LogP contribution >= 0.6 is 0 Å². The number of aromatic nitrogens is 3. The number of nitrogens with zero attached hydrogens (tertiary/aromatic N) is 3. The van der Waals surface area contributed by atoms with Gasteiger partial charge < -0.3 is 14.5 Å². The number of furan rings is 1. The van der Waals surface area contributed by atoms with Gasteiger partial charge in [0.1, 0.15) is 23.1 Å². The minimum absolute atomic E-state index is 0.241. The fraction of sp³-hybridized carbons (Fsp3) is 0.375. The molecule has 8 heteroatoms. The highest BCUT2D eigenvalue weighted by atomic mass is 16.5. The molecule has 3 aromatic heterocycles. The van der Waals surface area contributed by atoms with Crippen LogP contribution in [0.5, 0.6) is 5.75 Å². The molecule has 0 radical (unpaired) electrons. The quantitative estimate of drug-likeness (QED) is 0.430. The van der Waals surface area contributed by atoms with Gasteiger partial charge in [-0.3, -0.25) is 14.0 Å². The van der Waals surface area contributed by atoms with Crippen molar-refractivity contribution in [2.45, 2.75) is 52.6 Å². The van der Waals surface area contributed by atoms with E-state index in [0.29, 0.717) is 42.9 Å². The Hall–Kier alpha value is -3.55. The second-order valence-corrected chi connectivity index (χ2v) is 7.69. The maximum Gasteiger partial charge on any atom is 0.291 e. The van der Waals surface area contributed by atoms with Gasteiger partial charge in [0.05, 0.1) is 18.4 Å². The van der Waals surface area contributed by atoms with E-state index in [9.17, 15) is 9.59 Å². The maximum absolute atomic E-state index is 13.2. The number of carbonyl (C=O) groups is 1. The molecule has 168 valence electrons. The third-order valence-electron chi connectivity index (χ3n) is 5.50. The van der Waals surface area contributed by atoms with Crippen molar-refractivity contribution in [3.05, 3.63) is 64.4 Å². The monoisotopic (exact) mass is 436 g/mol. The molecule has 0 aliphatic rings. The van der Waals surface area contributed by atoms with Gasteiger partial charge in [-0.1, -0.05) is 32.9 Å². The molecule has 0 saturated heterocycles. The Morgan fingerprint density at radius 3 is 2.62 bits per heavy atom. The van der Waals surface area contributed by atoms with E-state index in [1.807, 2.05) is 48.6 Å². The van der Waals surface area contributed by atoms with Gasteiger partial charge in [0, 0.05) is 25.1 Å². The molecule has 1 aromatic carbocycles. The molecule has 32 heavy (non-hydrogen) atoms. The summed E-state index contributed by atoms with van der Waals surface area (Å²) < 4.78 is 14.2. The van der Waals surface area contributed by atoms with Crippen molar-refractivity contribution in [3.63, 3.8) is 0 Å². The van der Waals surface area contributed by atoms with Gasteiger partial charge in [0.2, 0.25) is 5.91 Å². The van der Waals surface area contributed by atoms with E-state index in [2.05, 4.69) is 17.3 Å². The summed E-state index contributed by atoms with van der Waals surface area (Å²) in [6, 6.07) is 10.5.